The number of nitrogens with one attached hydrogen (secondary N) is 1. The van der Waals surface area contributed by atoms with E-state index in [4.69, 9.17) is 0 Å². The summed E-state index contributed by atoms with van der Waals surface area (Å²) in [5.41, 5.74) is -0.778. The normalized spacial score (nSPS) is 12.0. The first-order valence-corrected chi connectivity index (χ1v) is 9.46. The number of alkyl halides is 3. The van der Waals surface area contributed by atoms with E-state index in [0.717, 1.165) is 18.2 Å². The van der Waals surface area contributed by atoms with Gasteiger partial charge in [-0.05, 0) is 60.9 Å². The van der Waals surface area contributed by atoms with Gasteiger partial charge in [0, 0.05) is 14.1 Å². The van der Waals surface area contributed by atoms with Crippen molar-refractivity contribution in [2.45, 2.75) is 24.9 Å². The minimum absolute atomic E-state index is 0.210. The second kappa shape index (κ2) is 7.34. The van der Waals surface area contributed by atoms with Crippen molar-refractivity contribution < 1.29 is 31.5 Å². The molecule has 2 aromatic rings. The van der Waals surface area contributed by atoms with Gasteiger partial charge in [-0.15, -0.1) is 0 Å². The van der Waals surface area contributed by atoms with E-state index in [2.05, 4.69) is 4.72 Å². The first-order chi connectivity index (χ1) is 12.7. The van der Waals surface area contributed by atoms with E-state index in [1.54, 1.807) is 14.1 Å². The van der Waals surface area contributed by atoms with Gasteiger partial charge in [-0.2, -0.15) is 13.2 Å². The number of sulfonamides is 1. The molecule has 0 aromatic heterocycles. The lowest BCUT2D eigenvalue weighted by Gasteiger charge is -2.21. The van der Waals surface area contributed by atoms with Crippen LogP contribution in [0.4, 0.5) is 24.5 Å². The Morgan fingerprint density at radius 1 is 1.11 bits per heavy atom. The standard InChI is InChI=1S/C18H19F3N2O4S/c1-10-7-12(17(24)25)8-16(11(10)2)28(26,27)22-14-9-13(18(19,20)21)5-6-15(14)23(3)4/h5-9,22H,1-4H3,(H,24,25)/p-1. The lowest BCUT2D eigenvalue weighted by molar-refractivity contribution is -0.255. The monoisotopic (exact) mass is 415 g/mol. The van der Waals surface area contributed by atoms with E-state index < -0.39 is 27.7 Å². The molecule has 0 amide bonds. The average Bonchev–Trinajstić information content (AvgIpc) is 2.55. The summed E-state index contributed by atoms with van der Waals surface area (Å²) in [5.74, 6) is -1.56. The van der Waals surface area contributed by atoms with E-state index in [1.807, 2.05) is 0 Å². The van der Waals surface area contributed by atoms with Crippen molar-refractivity contribution in [1.82, 2.24) is 0 Å². The number of hydrogen-bond acceptors (Lipinski definition) is 5. The largest absolute Gasteiger partial charge is 0.545 e. The van der Waals surface area contributed by atoms with Crippen LogP contribution in [0.2, 0.25) is 0 Å². The topological polar surface area (TPSA) is 89.5 Å². The minimum Gasteiger partial charge on any atom is -0.545 e. The summed E-state index contributed by atoms with van der Waals surface area (Å²) >= 11 is 0. The number of carbonyl (C=O) groups excluding carboxylic acids is 1. The van der Waals surface area contributed by atoms with Crippen molar-refractivity contribution >= 4 is 27.4 Å². The van der Waals surface area contributed by atoms with Gasteiger partial charge < -0.3 is 14.8 Å². The molecule has 0 aliphatic heterocycles. The molecule has 0 aliphatic rings. The van der Waals surface area contributed by atoms with Gasteiger partial charge in [0.2, 0.25) is 0 Å². The summed E-state index contributed by atoms with van der Waals surface area (Å²) in [6.45, 7) is 3.00. The summed E-state index contributed by atoms with van der Waals surface area (Å²) in [7, 11) is -1.28. The summed E-state index contributed by atoms with van der Waals surface area (Å²) < 4.78 is 67.0. The van der Waals surface area contributed by atoms with Gasteiger partial charge in [0.1, 0.15) is 0 Å². The lowest BCUT2D eigenvalue weighted by atomic mass is 10.1. The molecule has 0 unspecified atom stereocenters. The van der Waals surface area contributed by atoms with Gasteiger partial charge in [-0.3, -0.25) is 4.72 Å². The third-order valence-corrected chi connectivity index (χ3v) is 5.69. The van der Waals surface area contributed by atoms with E-state index in [1.165, 1.54) is 24.8 Å². The number of aromatic carboxylic acids is 1. The van der Waals surface area contributed by atoms with Crippen molar-refractivity contribution in [2.24, 2.45) is 0 Å². The van der Waals surface area contributed by atoms with Crippen LogP contribution in [-0.4, -0.2) is 28.5 Å². The second-order valence-electron chi connectivity index (χ2n) is 6.43. The Hall–Kier alpha value is -2.75. The molecular weight excluding hydrogens is 397 g/mol. The third-order valence-electron chi connectivity index (χ3n) is 4.19. The first kappa shape index (κ1) is 21.5. The highest BCUT2D eigenvalue weighted by atomic mass is 32.2. The molecular formula is C18H18F3N2O4S-. The average molecular weight is 415 g/mol. The van der Waals surface area contributed by atoms with E-state index >= 15 is 0 Å². The number of anilines is 2. The van der Waals surface area contributed by atoms with E-state index in [-0.39, 0.29) is 27.4 Å². The molecule has 0 aliphatic carbocycles. The number of halogens is 3. The SMILES string of the molecule is Cc1cc(C(=O)[O-])cc(S(=O)(=O)Nc2cc(C(F)(F)F)ccc2N(C)C)c1C. The minimum atomic E-state index is -4.66. The maximum absolute atomic E-state index is 13.1. The molecule has 28 heavy (non-hydrogen) atoms. The van der Waals surface area contributed by atoms with Crippen LogP contribution in [-0.2, 0) is 16.2 Å². The number of nitrogens with zero attached hydrogens (tertiary/aromatic N) is 1. The Labute approximate surface area is 160 Å². The molecule has 0 spiro atoms. The van der Waals surface area contributed by atoms with Gasteiger partial charge >= 0.3 is 6.18 Å². The fraction of sp³-hybridized carbons (Fsp3) is 0.278. The fourth-order valence-corrected chi connectivity index (χ4v) is 4.02. The first-order valence-electron chi connectivity index (χ1n) is 7.98. The predicted molar refractivity (Wildman–Crippen MR) is 96.8 cm³/mol. The summed E-state index contributed by atoms with van der Waals surface area (Å²) in [5, 5.41) is 11.1. The van der Waals surface area contributed by atoms with E-state index in [9.17, 15) is 31.5 Å². The molecule has 6 nitrogen and oxygen atoms in total. The van der Waals surface area contributed by atoms with Crippen molar-refractivity contribution in [3.8, 4) is 0 Å². The van der Waals surface area contributed by atoms with Gasteiger partial charge in [0.25, 0.3) is 10.0 Å². The van der Waals surface area contributed by atoms with E-state index in [0.29, 0.717) is 11.6 Å². The van der Waals surface area contributed by atoms with Crippen LogP contribution in [0, 0.1) is 13.8 Å². The number of rotatable bonds is 5. The highest BCUT2D eigenvalue weighted by molar-refractivity contribution is 7.92. The number of benzene rings is 2. The van der Waals surface area contributed by atoms with Gasteiger partial charge in [-0.1, -0.05) is 0 Å². The molecule has 152 valence electrons. The Kier molecular flexibility index (Phi) is 5.65. The molecule has 0 bridgehead atoms. The zero-order chi connectivity index (χ0) is 21.4. The maximum Gasteiger partial charge on any atom is 0.416 e. The Balaban J connectivity index is 2.63. The highest BCUT2D eigenvalue weighted by Crippen LogP contribution is 2.36. The van der Waals surface area contributed by atoms with Crippen LogP contribution in [0.15, 0.2) is 35.2 Å². The summed E-state index contributed by atoms with van der Waals surface area (Å²) in [4.78, 5) is 12.2. The van der Waals surface area contributed by atoms with Gasteiger partial charge in [0.15, 0.2) is 0 Å². The third kappa shape index (κ3) is 4.38. The lowest BCUT2D eigenvalue weighted by Crippen LogP contribution is -2.24. The predicted octanol–water partition coefficient (Wildman–Crippen LogP) is 2.55. The quantitative estimate of drug-likeness (QED) is 0.811. The van der Waals surface area contributed by atoms with Gasteiger partial charge in [0.05, 0.1) is 27.8 Å². The number of carbonyl (C=O) groups is 1. The van der Waals surface area contributed by atoms with Crippen molar-refractivity contribution in [3.63, 3.8) is 0 Å². The molecule has 1 N–H and O–H groups in total. The molecule has 0 saturated heterocycles. The Morgan fingerprint density at radius 3 is 2.21 bits per heavy atom. The molecule has 2 rings (SSSR count). The van der Waals surface area contributed by atoms with Crippen LogP contribution >= 0.6 is 0 Å². The van der Waals surface area contributed by atoms with Crippen LogP contribution in [0.1, 0.15) is 27.0 Å². The van der Waals surface area contributed by atoms with Crippen LogP contribution in [0.5, 0.6) is 0 Å². The van der Waals surface area contributed by atoms with Crippen molar-refractivity contribution in [2.75, 3.05) is 23.7 Å². The Bertz CT molecular complexity index is 1030. The molecule has 0 atom stereocenters. The molecule has 0 radical (unpaired) electrons. The van der Waals surface area contributed by atoms with Crippen LogP contribution in [0.3, 0.4) is 0 Å². The van der Waals surface area contributed by atoms with Crippen molar-refractivity contribution in [1.29, 1.82) is 0 Å². The van der Waals surface area contributed by atoms with Crippen molar-refractivity contribution in [3.05, 3.63) is 52.6 Å². The highest BCUT2D eigenvalue weighted by Gasteiger charge is 2.32. The van der Waals surface area contributed by atoms with Crippen LogP contribution < -0.4 is 14.7 Å². The molecule has 0 heterocycles. The summed E-state index contributed by atoms with van der Waals surface area (Å²) in [6, 6.07) is 4.87. The molecule has 0 fully saturated rings. The fourth-order valence-electron chi connectivity index (χ4n) is 2.61. The molecule has 0 saturated carbocycles. The van der Waals surface area contributed by atoms with Gasteiger partial charge in [-0.25, -0.2) is 8.42 Å². The number of aryl methyl sites for hydroxylation is 1. The number of carboxylic acids is 1. The van der Waals surface area contributed by atoms with Crippen LogP contribution in [0.25, 0.3) is 0 Å². The second-order valence-corrected chi connectivity index (χ2v) is 8.08. The Morgan fingerprint density at radius 2 is 1.71 bits per heavy atom. The maximum atomic E-state index is 13.1. The smallest absolute Gasteiger partial charge is 0.416 e. The number of carboxylic acid groups (broad SMARTS) is 1. The summed E-state index contributed by atoms with van der Waals surface area (Å²) in [6.07, 6.45) is -4.66. The molecule has 2 aromatic carbocycles. The molecule has 10 heteroatoms. The zero-order valence-corrected chi connectivity index (χ0v) is 16.3. The number of hydrogen-bond donors (Lipinski definition) is 1. The zero-order valence-electron chi connectivity index (χ0n) is 15.5.